The number of ether oxygens (including phenoxy) is 1. The van der Waals surface area contributed by atoms with Crippen molar-refractivity contribution in [2.45, 2.75) is 70.1 Å². The number of rotatable bonds is 12. The number of unbranched alkanes of at least 4 members (excludes halogenated alkanes) is 1. The minimum Gasteiger partial charge on any atom is -0.445 e. The van der Waals surface area contributed by atoms with Crippen molar-refractivity contribution in [3.63, 3.8) is 0 Å². The summed E-state index contributed by atoms with van der Waals surface area (Å²) in [4.78, 5) is 43.2. The Hall–Kier alpha value is -3.39. The van der Waals surface area contributed by atoms with Crippen LogP contribution in [0.5, 0.6) is 0 Å². The summed E-state index contributed by atoms with van der Waals surface area (Å²) < 4.78 is 5.23. The number of hydrogen-bond acceptors (Lipinski definition) is 5. The minimum absolute atomic E-state index is 0.00845. The molecule has 2 saturated heterocycles. The van der Waals surface area contributed by atoms with E-state index >= 15 is 0 Å². The van der Waals surface area contributed by atoms with Gasteiger partial charge in [-0.2, -0.15) is 0 Å². The third kappa shape index (κ3) is 7.60. The molecule has 8 heteroatoms. The predicted molar refractivity (Wildman–Crippen MR) is 151 cm³/mol. The molecule has 0 saturated carbocycles. The minimum atomic E-state index is -0.739. The maximum Gasteiger partial charge on any atom is 0.407 e. The van der Waals surface area contributed by atoms with Gasteiger partial charge in [0, 0.05) is 32.7 Å². The maximum atomic E-state index is 13.5. The Balaban J connectivity index is 1.21. The third-order valence-electron chi connectivity index (χ3n) is 7.90. The quantitative estimate of drug-likeness (QED) is 0.403. The van der Waals surface area contributed by atoms with Gasteiger partial charge in [0.15, 0.2) is 0 Å². The number of nitrogens with zero attached hydrogens (tertiary/aromatic N) is 2. The lowest BCUT2D eigenvalue weighted by Crippen LogP contribution is -2.72. The molecule has 4 rings (SSSR count). The molecule has 2 aliphatic heterocycles. The van der Waals surface area contributed by atoms with E-state index in [2.05, 4.69) is 46.7 Å². The zero-order valence-electron chi connectivity index (χ0n) is 23.1. The highest BCUT2D eigenvalue weighted by Gasteiger charge is 2.52. The first-order chi connectivity index (χ1) is 19.0. The van der Waals surface area contributed by atoms with E-state index in [-0.39, 0.29) is 18.4 Å². The van der Waals surface area contributed by atoms with Gasteiger partial charge in [-0.25, -0.2) is 4.79 Å². The van der Waals surface area contributed by atoms with Crippen LogP contribution >= 0.6 is 0 Å². The Labute approximate surface area is 232 Å². The number of nitrogens with one attached hydrogen (secondary N) is 2. The molecule has 2 aromatic carbocycles. The van der Waals surface area contributed by atoms with Crippen LogP contribution in [0.1, 0.15) is 56.6 Å². The summed E-state index contributed by atoms with van der Waals surface area (Å²) in [5.74, 6) is 0.0234. The van der Waals surface area contributed by atoms with E-state index in [1.807, 2.05) is 41.3 Å². The Morgan fingerprint density at radius 2 is 1.64 bits per heavy atom. The number of likely N-dealkylation sites (tertiary alicyclic amines) is 1. The van der Waals surface area contributed by atoms with E-state index < -0.39 is 17.7 Å². The van der Waals surface area contributed by atoms with E-state index in [0.29, 0.717) is 38.8 Å². The summed E-state index contributed by atoms with van der Waals surface area (Å²) >= 11 is 0. The molecule has 2 aliphatic rings. The number of carbonyl (C=O) groups excluding carboxylic acids is 3. The van der Waals surface area contributed by atoms with Gasteiger partial charge in [-0.15, -0.1) is 0 Å². The monoisotopic (exact) mass is 534 g/mol. The lowest BCUT2D eigenvalue weighted by molar-refractivity contribution is -0.161. The standard InChI is InChI=1S/C31H42N4O4/c1-2-20-35-28(36)27(15-9-10-19-32-30(38)39-24-26-13-7-4-8-14-26)33-29(37)31(35)17-22-34(23-18-31)21-16-25-11-5-3-6-12-25/h3-8,11-14,27H,2,9-10,15-24H2,1H3,(H,32,38)(H,33,37)/t27-/m1/s1. The van der Waals surface area contributed by atoms with Crippen molar-refractivity contribution >= 4 is 17.9 Å². The van der Waals surface area contributed by atoms with Gasteiger partial charge in [0.05, 0.1) is 0 Å². The molecule has 2 aromatic rings. The van der Waals surface area contributed by atoms with Crippen LogP contribution in [0.25, 0.3) is 0 Å². The smallest absolute Gasteiger partial charge is 0.407 e. The molecule has 8 nitrogen and oxygen atoms in total. The molecular weight excluding hydrogens is 492 g/mol. The lowest BCUT2D eigenvalue weighted by atomic mass is 9.81. The molecule has 2 heterocycles. The molecule has 1 spiro atoms. The normalized spacial score (nSPS) is 19.1. The SMILES string of the molecule is CCCN1C(=O)[C@@H](CCCCNC(=O)OCc2ccccc2)NC(=O)C12CCN(CCc1ccccc1)CC2. The molecule has 0 aliphatic carbocycles. The van der Waals surface area contributed by atoms with Crippen LogP contribution in [0.3, 0.4) is 0 Å². The number of piperidine rings is 1. The van der Waals surface area contributed by atoms with Gasteiger partial charge >= 0.3 is 6.09 Å². The molecule has 210 valence electrons. The van der Waals surface area contributed by atoms with Crippen molar-refractivity contribution in [2.24, 2.45) is 0 Å². The number of amides is 3. The van der Waals surface area contributed by atoms with E-state index in [1.54, 1.807) is 0 Å². The molecule has 3 amide bonds. The van der Waals surface area contributed by atoms with Crippen LogP contribution in [-0.4, -0.2) is 72.0 Å². The molecule has 0 unspecified atom stereocenters. The highest BCUT2D eigenvalue weighted by Crippen LogP contribution is 2.34. The molecular formula is C31H42N4O4. The number of hydrogen-bond donors (Lipinski definition) is 2. The first-order valence-electron chi connectivity index (χ1n) is 14.3. The summed E-state index contributed by atoms with van der Waals surface area (Å²) in [7, 11) is 0. The van der Waals surface area contributed by atoms with Gasteiger partial charge < -0.3 is 25.2 Å². The zero-order chi connectivity index (χ0) is 27.5. The fourth-order valence-electron chi connectivity index (χ4n) is 5.63. The van der Waals surface area contributed by atoms with E-state index in [9.17, 15) is 14.4 Å². The topological polar surface area (TPSA) is 91.0 Å². The van der Waals surface area contributed by atoms with Crippen LogP contribution in [0.4, 0.5) is 4.79 Å². The highest BCUT2D eigenvalue weighted by atomic mass is 16.5. The largest absolute Gasteiger partial charge is 0.445 e. The van der Waals surface area contributed by atoms with Crippen molar-refractivity contribution in [2.75, 3.05) is 32.7 Å². The molecule has 1 atom stereocenters. The summed E-state index contributed by atoms with van der Waals surface area (Å²) in [6.07, 6.45) is 4.67. The molecule has 39 heavy (non-hydrogen) atoms. The molecule has 2 N–H and O–H groups in total. The summed E-state index contributed by atoms with van der Waals surface area (Å²) in [5.41, 5.74) is 1.52. The highest BCUT2D eigenvalue weighted by molar-refractivity contribution is 6.00. The Morgan fingerprint density at radius 1 is 0.974 bits per heavy atom. The number of carbonyl (C=O) groups is 3. The number of alkyl carbamates (subject to hydrolysis) is 1. The molecule has 0 bridgehead atoms. The van der Waals surface area contributed by atoms with E-state index in [4.69, 9.17) is 4.74 Å². The van der Waals surface area contributed by atoms with Crippen LogP contribution in [0.15, 0.2) is 60.7 Å². The van der Waals surface area contributed by atoms with Gasteiger partial charge in [0.2, 0.25) is 11.8 Å². The summed E-state index contributed by atoms with van der Waals surface area (Å²) in [5, 5.41) is 5.83. The van der Waals surface area contributed by atoms with Crippen molar-refractivity contribution in [1.82, 2.24) is 20.4 Å². The van der Waals surface area contributed by atoms with E-state index in [0.717, 1.165) is 44.5 Å². The van der Waals surface area contributed by atoms with Gasteiger partial charge in [-0.1, -0.05) is 67.6 Å². The second kappa shape index (κ2) is 14.1. The van der Waals surface area contributed by atoms with Crippen molar-refractivity contribution < 1.29 is 19.1 Å². The van der Waals surface area contributed by atoms with Crippen LogP contribution in [0.2, 0.25) is 0 Å². The van der Waals surface area contributed by atoms with Gasteiger partial charge in [-0.3, -0.25) is 9.59 Å². The fourth-order valence-corrected chi connectivity index (χ4v) is 5.63. The average Bonchev–Trinajstić information content (AvgIpc) is 2.97. The van der Waals surface area contributed by atoms with Gasteiger partial charge in [0.1, 0.15) is 18.2 Å². The predicted octanol–water partition coefficient (Wildman–Crippen LogP) is 3.90. The van der Waals surface area contributed by atoms with E-state index in [1.165, 1.54) is 5.56 Å². The Bertz CT molecular complexity index is 1070. The van der Waals surface area contributed by atoms with Crippen LogP contribution in [-0.2, 0) is 27.4 Å². The van der Waals surface area contributed by atoms with Crippen molar-refractivity contribution in [3.05, 3.63) is 71.8 Å². The fraction of sp³-hybridized carbons (Fsp3) is 0.516. The molecule has 2 fully saturated rings. The van der Waals surface area contributed by atoms with Crippen LogP contribution in [0, 0.1) is 0 Å². The first-order valence-corrected chi connectivity index (χ1v) is 14.3. The Morgan fingerprint density at radius 3 is 2.31 bits per heavy atom. The van der Waals surface area contributed by atoms with Crippen LogP contribution < -0.4 is 10.6 Å². The number of piperazine rings is 1. The van der Waals surface area contributed by atoms with Crippen molar-refractivity contribution in [1.29, 1.82) is 0 Å². The maximum absolute atomic E-state index is 13.5. The summed E-state index contributed by atoms with van der Waals surface area (Å²) in [6.45, 7) is 5.93. The second-order valence-corrected chi connectivity index (χ2v) is 10.6. The lowest BCUT2D eigenvalue weighted by Gasteiger charge is -2.51. The third-order valence-corrected chi connectivity index (χ3v) is 7.90. The summed E-state index contributed by atoms with van der Waals surface area (Å²) in [6, 6.07) is 19.5. The van der Waals surface area contributed by atoms with Gasteiger partial charge in [0.25, 0.3) is 0 Å². The van der Waals surface area contributed by atoms with Gasteiger partial charge in [-0.05, 0) is 56.1 Å². The second-order valence-electron chi connectivity index (χ2n) is 10.6. The molecule has 0 aromatic heterocycles. The Kier molecular flexibility index (Phi) is 10.4. The number of benzene rings is 2. The van der Waals surface area contributed by atoms with Crippen molar-refractivity contribution in [3.8, 4) is 0 Å². The first kappa shape index (κ1) is 28.6. The zero-order valence-corrected chi connectivity index (χ0v) is 23.1. The average molecular weight is 535 g/mol. The molecule has 0 radical (unpaired) electrons.